The number of hydrogen-bond donors (Lipinski definition) is 1. The van der Waals surface area contributed by atoms with Gasteiger partial charge in [0, 0.05) is 24.6 Å². The second kappa shape index (κ2) is 7.55. The number of fused-ring (bicyclic) bond motifs is 2. The lowest BCUT2D eigenvalue weighted by atomic mass is 10.1. The van der Waals surface area contributed by atoms with Crippen molar-refractivity contribution in [2.75, 3.05) is 18.2 Å². The number of carbonyl (C=O) groups excluding carboxylic acids is 2. The first-order valence-corrected chi connectivity index (χ1v) is 9.76. The van der Waals surface area contributed by atoms with Gasteiger partial charge in [-0.2, -0.15) is 5.10 Å². The zero-order chi connectivity index (χ0) is 20.5. The van der Waals surface area contributed by atoms with Crippen LogP contribution in [-0.4, -0.2) is 34.9 Å². The fourth-order valence-corrected chi connectivity index (χ4v) is 3.62. The fraction of sp³-hybridized carbons (Fsp3) is 0.227. The number of aromatic nitrogens is 2. The summed E-state index contributed by atoms with van der Waals surface area (Å²) in [5.74, 6) is 1.69. The number of nitrogens with zero attached hydrogens (tertiary/aromatic N) is 3. The Hall–Kier alpha value is -3.81. The van der Waals surface area contributed by atoms with Gasteiger partial charge in [-0.1, -0.05) is 36.4 Å². The number of carbonyl (C=O) groups is 2. The van der Waals surface area contributed by atoms with Gasteiger partial charge in [0.25, 0.3) is 0 Å². The zero-order valence-corrected chi connectivity index (χ0v) is 16.2. The summed E-state index contributed by atoms with van der Waals surface area (Å²) in [6.07, 6.45) is 0.318. The maximum Gasteiger partial charge on any atom is 0.240 e. The summed E-state index contributed by atoms with van der Waals surface area (Å²) in [4.78, 5) is 26.6. The van der Waals surface area contributed by atoms with E-state index in [1.807, 2.05) is 54.6 Å². The van der Waals surface area contributed by atoms with E-state index in [9.17, 15) is 9.59 Å². The molecule has 0 spiro atoms. The SMILES string of the molecule is O=C(CN1C(=O)CCn2nc(-c3ccccc3)cc21)NCc1ccc2c(c1)OCO2. The van der Waals surface area contributed by atoms with Crippen LogP contribution in [0, 0.1) is 0 Å². The second-order valence-electron chi connectivity index (χ2n) is 7.17. The third kappa shape index (κ3) is 3.47. The van der Waals surface area contributed by atoms with Gasteiger partial charge in [-0.25, -0.2) is 4.68 Å². The van der Waals surface area contributed by atoms with E-state index in [1.54, 1.807) is 4.68 Å². The van der Waals surface area contributed by atoms with Crippen LogP contribution in [0.25, 0.3) is 11.3 Å². The molecule has 1 aromatic heterocycles. The number of amides is 2. The molecule has 30 heavy (non-hydrogen) atoms. The van der Waals surface area contributed by atoms with E-state index in [4.69, 9.17) is 9.47 Å². The first-order chi connectivity index (χ1) is 14.7. The maximum atomic E-state index is 12.6. The molecule has 8 heteroatoms. The first kappa shape index (κ1) is 18.2. The van der Waals surface area contributed by atoms with Crippen molar-refractivity contribution in [3.63, 3.8) is 0 Å². The number of aryl methyl sites for hydroxylation is 1. The van der Waals surface area contributed by atoms with Crippen LogP contribution in [0.1, 0.15) is 12.0 Å². The van der Waals surface area contributed by atoms with Crippen molar-refractivity contribution in [1.82, 2.24) is 15.1 Å². The average Bonchev–Trinajstić information content (AvgIpc) is 3.41. The summed E-state index contributed by atoms with van der Waals surface area (Å²) in [7, 11) is 0. The van der Waals surface area contributed by atoms with Gasteiger partial charge in [0.05, 0.1) is 12.2 Å². The molecular formula is C22H20N4O4. The number of rotatable bonds is 5. The van der Waals surface area contributed by atoms with Crippen LogP contribution in [0.3, 0.4) is 0 Å². The van der Waals surface area contributed by atoms with Crippen molar-refractivity contribution in [2.24, 2.45) is 0 Å². The van der Waals surface area contributed by atoms with Crippen LogP contribution >= 0.6 is 0 Å². The molecule has 0 radical (unpaired) electrons. The number of ether oxygens (including phenoxy) is 2. The quantitative estimate of drug-likeness (QED) is 0.706. The monoisotopic (exact) mass is 404 g/mol. The number of benzene rings is 2. The van der Waals surface area contributed by atoms with E-state index >= 15 is 0 Å². The summed E-state index contributed by atoms with van der Waals surface area (Å²) in [5.41, 5.74) is 2.65. The molecule has 0 saturated carbocycles. The van der Waals surface area contributed by atoms with E-state index in [1.165, 1.54) is 4.90 Å². The minimum Gasteiger partial charge on any atom is -0.454 e. The highest BCUT2D eigenvalue weighted by Gasteiger charge is 2.28. The van der Waals surface area contributed by atoms with Crippen molar-refractivity contribution >= 4 is 17.6 Å². The molecule has 2 aliphatic rings. The van der Waals surface area contributed by atoms with E-state index in [0.717, 1.165) is 16.8 Å². The Labute approximate surface area is 173 Å². The Morgan fingerprint density at radius 1 is 1.07 bits per heavy atom. The summed E-state index contributed by atoms with van der Waals surface area (Å²) in [6, 6.07) is 17.2. The topological polar surface area (TPSA) is 85.7 Å². The van der Waals surface area contributed by atoms with E-state index in [2.05, 4.69) is 10.4 Å². The smallest absolute Gasteiger partial charge is 0.240 e. The lowest BCUT2D eigenvalue weighted by Gasteiger charge is -2.26. The number of nitrogens with one attached hydrogen (secondary N) is 1. The van der Waals surface area contributed by atoms with Crippen molar-refractivity contribution in [2.45, 2.75) is 19.5 Å². The van der Waals surface area contributed by atoms with Crippen molar-refractivity contribution in [3.8, 4) is 22.8 Å². The molecule has 2 aromatic carbocycles. The predicted molar refractivity (Wildman–Crippen MR) is 109 cm³/mol. The molecule has 5 rings (SSSR count). The predicted octanol–water partition coefficient (Wildman–Crippen LogP) is 2.33. The highest BCUT2D eigenvalue weighted by atomic mass is 16.7. The Kier molecular flexibility index (Phi) is 4.59. The highest BCUT2D eigenvalue weighted by molar-refractivity contribution is 5.99. The van der Waals surface area contributed by atoms with E-state index < -0.39 is 0 Å². The Morgan fingerprint density at radius 3 is 2.77 bits per heavy atom. The van der Waals surface area contributed by atoms with E-state index in [0.29, 0.717) is 36.8 Å². The Balaban J connectivity index is 1.28. The lowest BCUT2D eigenvalue weighted by Crippen LogP contribution is -2.44. The fourth-order valence-electron chi connectivity index (χ4n) is 3.62. The van der Waals surface area contributed by atoms with Gasteiger partial charge < -0.3 is 14.8 Å². The molecule has 3 heterocycles. The third-order valence-electron chi connectivity index (χ3n) is 5.17. The summed E-state index contributed by atoms with van der Waals surface area (Å²) >= 11 is 0. The van der Waals surface area contributed by atoms with Crippen LogP contribution in [0.4, 0.5) is 5.82 Å². The molecule has 2 amide bonds. The second-order valence-corrected chi connectivity index (χ2v) is 7.17. The molecule has 8 nitrogen and oxygen atoms in total. The number of anilines is 1. The van der Waals surface area contributed by atoms with Crippen LogP contribution < -0.4 is 19.7 Å². The number of hydrogen-bond acceptors (Lipinski definition) is 5. The van der Waals surface area contributed by atoms with Crippen molar-refractivity contribution in [3.05, 3.63) is 60.2 Å². The molecule has 0 unspecified atom stereocenters. The molecule has 0 atom stereocenters. The van der Waals surface area contributed by atoms with Gasteiger partial charge in [0.15, 0.2) is 11.5 Å². The van der Waals surface area contributed by atoms with E-state index in [-0.39, 0.29) is 25.2 Å². The first-order valence-electron chi connectivity index (χ1n) is 9.76. The molecule has 1 N–H and O–H groups in total. The average molecular weight is 404 g/mol. The van der Waals surface area contributed by atoms with Gasteiger partial charge in [-0.3, -0.25) is 14.5 Å². The van der Waals surface area contributed by atoms with Crippen LogP contribution in [0.5, 0.6) is 11.5 Å². The molecule has 2 aliphatic heterocycles. The van der Waals surface area contributed by atoms with Gasteiger partial charge in [-0.15, -0.1) is 0 Å². The summed E-state index contributed by atoms with van der Waals surface area (Å²) in [5, 5.41) is 7.47. The largest absolute Gasteiger partial charge is 0.454 e. The highest BCUT2D eigenvalue weighted by Crippen LogP contribution is 2.32. The van der Waals surface area contributed by atoms with Crippen LogP contribution in [0.2, 0.25) is 0 Å². The Bertz CT molecular complexity index is 1110. The standard InChI is InChI=1S/C22H20N4O4/c27-20(23-12-15-6-7-18-19(10-15)30-14-29-18)13-25-21-11-17(16-4-2-1-3-5-16)24-26(21)9-8-22(25)28/h1-7,10-11H,8-9,12-14H2,(H,23,27). The van der Waals surface area contributed by atoms with Crippen molar-refractivity contribution in [1.29, 1.82) is 0 Å². The van der Waals surface area contributed by atoms with Gasteiger partial charge in [0.2, 0.25) is 18.6 Å². The Morgan fingerprint density at radius 2 is 1.90 bits per heavy atom. The maximum absolute atomic E-state index is 12.6. The minimum atomic E-state index is -0.239. The summed E-state index contributed by atoms with van der Waals surface area (Å²) < 4.78 is 12.4. The molecule has 3 aromatic rings. The zero-order valence-electron chi connectivity index (χ0n) is 16.2. The molecule has 0 aliphatic carbocycles. The molecular weight excluding hydrogens is 384 g/mol. The summed E-state index contributed by atoms with van der Waals surface area (Å²) in [6.45, 7) is 1.01. The molecule has 0 saturated heterocycles. The van der Waals surface area contributed by atoms with Crippen LogP contribution in [-0.2, 0) is 22.7 Å². The molecule has 152 valence electrons. The normalized spacial score (nSPS) is 14.5. The lowest BCUT2D eigenvalue weighted by molar-refractivity contribution is -0.124. The van der Waals surface area contributed by atoms with Gasteiger partial charge >= 0.3 is 0 Å². The van der Waals surface area contributed by atoms with Crippen molar-refractivity contribution < 1.29 is 19.1 Å². The molecule has 0 fully saturated rings. The van der Waals surface area contributed by atoms with Gasteiger partial charge in [-0.05, 0) is 17.7 Å². The van der Waals surface area contributed by atoms with Gasteiger partial charge in [0.1, 0.15) is 12.4 Å². The molecule has 0 bridgehead atoms. The van der Waals surface area contributed by atoms with Crippen LogP contribution in [0.15, 0.2) is 54.6 Å². The third-order valence-corrected chi connectivity index (χ3v) is 5.17. The minimum absolute atomic E-state index is 0.0523.